The minimum absolute atomic E-state index is 0.0549. The maximum atomic E-state index is 12.5. The van der Waals surface area contributed by atoms with Gasteiger partial charge in [0.25, 0.3) is 5.91 Å². The summed E-state index contributed by atoms with van der Waals surface area (Å²) in [6.07, 6.45) is 4.72. The predicted octanol–water partition coefficient (Wildman–Crippen LogP) is 2.45. The standard InChI is InChI=1S/C16H25N3O2/c1-3-8-17-15-14(5-4-9-18-15)16(20)19-12(2)13-6-10-21-11-7-13/h4-5,9,12-13H,3,6-8,10-11H2,1-2H3,(H,17,18)(H,19,20). The van der Waals surface area contributed by atoms with Gasteiger partial charge >= 0.3 is 0 Å². The van der Waals surface area contributed by atoms with Crippen LogP contribution in [-0.4, -0.2) is 36.7 Å². The van der Waals surface area contributed by atoms with Crippen molar-refractivity contribution in [3.05, 3.63) is 23.9 Å². The van der Waals surface area contributed by atoms with E-state index >= 15 is 0 Å². The van der Waals surface area contributed by atoms with Gasteiger partial charge in [-0.1, -0.05) is 6.92 Å². The Labute approximate surface area is 126 Å². The molecular weight excluding hydrogens is 266 g/mol. The molecule has 1 atom stereocenters. The van der Waals surface area contributed by atoms with Crippen molar-refractivity contribution in [1.82, 2.24) is 10.3 Å². The van der Waals surface area contributed by atoms with Crippen LogP contribution in [0.4, 0.5) is 5.82 Å². The number of anilines is 1. The molecule has 1 saturated heterocycles. The number of amides is 1. The van der Waals surface area contributed by atoms with E-state index in [0.717, 1.165) is 39.0 Å². The zero-order valence-electron chi connectivity index (χ0n) is 12.9. The molecule has 1 aliphatic rings. The quantitative estimate of drug-likeness (QED) is 0.845. The fourth-order valence-electron chi connectivity index (χ4n) is 2.59. The number of nitrogens with one attached hydrogen (secondary N) is 2. The molecule has 2 rings (SSSR count). The molecule has 0 bridgehead atoms. The van der Waals surface area contributed by atoms with Crippen LogP contribution in [-0.2, 0) is 4.74 Å². The van der Waals surface area contributed by atoms with Crippen molar-refractivity contribution in [3.8, 4) is 0 Å². The predicted molar refractivity (Wildman–Crippen MR) is 83.5 cm³/mol. The van der Waals surface area contributed by atoms with Gasteiger partial charge in [-0.05, 0) is 44.2 Å². The fourth-order valence-corrected chi connectivity index (χ4v) is 2.59. The number of rotatable bonds is 6. The Bertz CT molecular complexity index is 459. The van der Waals surface area contributed by atoms with Gasteiger partial charge in [-0.25, -0.2) is 4.98 Å². The van der Waals surface area contributed by atoms with Gasteiger partial charge in [0.15, 0.2) is 0 Å². The molecular formula is C16H25N3O2. The number of hydrogen-bond donors (Lipinski definition) is 2. The highest BCUT2D eigenvalue weighted by Gasteiger charge is 2.23. The number of nitrogens with zero attached hydrogens (tertiary/aromatic N) is 1. The number of pyridine rings is 1. The molecule has 1 aliphatic heterocycles. The summed E-state index contributed by atoms with van der Waals surface area (Å²) in [7, 11) is 0. The first-order valence-electron chi connectivity index (χ1n) is 7.80. The molecule has 0 aromatic carbocycles. The fraction of sp³-hybridized carbons (Fsp3) is 0.625. The van der Waals surface area contributed by atoms with Crippen LogP contribution in [0.5, 0.6) is 0 Å². The Morgan fingerprint density at radius 2 is 2.24 bits per heavy atom. The lowest BCUT2D eigenvalue weighted by atomic mass is 9.93. The maximum absolute atomic E-state index is 12.5. The first-order valence-corrected chi connectivity index (χ1v) is 7.80. The molecule has 0 radical (unpaired) electrons. The second-order valence-corrected chi connectivity index (χ2v) is 5.54. The molecule has 116 valence electrons. The van der Waals surface area contributed by atoms with Gasteiger partial charge in [0.05, 0.1) is 5.56 Å². The van der Waals surface area contributed by atoms with Crippen molar-refractivity contribution in [2.24, 2.45) is 5.92 Å². The van der Waals surface area contributed by atoms with E-state index in [1.165, 1.54) is 0 Å². The Kier molecular flexibility index (Phi) is 5.99. The SMILES string of the molecule is CCCNc1ncccc1C(=O)NC(C)C1CCOCC1. The van der Waals surface area contributed by atoms with Crippen molar-refractivity contribution in [3.63, 3.8) is 0 Å². The molecule has 0 spiro atoms. The summed E-state index contributed by atoms with van der Waals surface area (Å²) in [5.41, 5.74) is 0.616. The minimum Gasteiger partial charge on any atom is -0.381 e. The highest BCUT2D eigenvalue weighted by Crippen LogP contribution is 2.19. The summed E-state index contributed by atoms with van der Waals surface area (Å²) in [5, 5.41) is 6.31. The second kappa shape index (κ2) is 7.98. The summed E-state index contributed by atoms with van der Waals surface area (Å²) in [6, 6.07) is 3.77. The van der Waals surface area contributed by atoms with Crippen molar-refractivity contribution >= 4 is 11.7 Å². The van der Waals surface area contributed by atoms with Crippen LogP contribution in [0.2, 0.25) is 0 Å². The first kappa shape index (κ1) is 15.8. The number of aromatic nitrogens is 1. The third-order valence-corrected chi connectivity index (χ3v) is 3.93. The number of carbonyl (C=O) groups excluding carboxylic acids is 1. The summed E-state index contributed by atoms with van der Waals surface area (Å²) >= 11 is 0. The molecule has 5 heteroatoms. The highest BCUT2D eigenvalue weighted by atomic mass is 16.5. The third-order valence-electron chi connectivity index (χ3n) is 3.93. The minimum atomic E-state index is -0.0549. The normalized spacial score (nSPS) is 17.2. The van der Waals surface area contributed by atoms with Crippen LogP contribution < -0.4 is 10.6 Å². The molecule has 1 unspecified atom stereocenters. The molecule has 2 N–H and O–H groups in total. The monoisotopic (exact) mass is 291 g/mol. The molecule has 2 heterocycles. The van der Waals surface area contributed by atoms with Gasteiger partial charge in [-0.2, -0.15) is 0 Å². The van der Waals surface area contributed by atoms with Gasteiger partial charge in [0, 0.05) is 32.0 Å². The molecule has 0 aliphatic carbocycles. The average molecular weight is 291 g/mol. The van der Waals surface area contributed by atoms with Crippen LogP contribution >= 0.6 is 0 Å². The van der Waals surface area contributed by atoms with Crippen LogP contribution in [0.25, 0.3) is 0 Å². The molecule has 1 fully saturated rings. The van der Waals surface area contributed by atoms with E-state index in [4.69, 9.17) is 4.74 Å². The van der Waals surface area contributed by atoms with Crippen molar-refractivity contribution in [2.45, 2.75) is 39.2 Å². The summed E-state index contributed by atoms with van der Waals surface area (Å²) in [4.78, 5) is 16.7. The van der Waals surface area contributed by atoms with E-state index in [0.29, 0.717) is 17.3 Å². The lowest BCUT2D eigenvalue weighted by molar-refractivity contribution is 0.0538. The molecule has 1 aromatic heterocycles. The van der Waals surface area contributed by atoms with E-state index < -0.39 is 0 Å². The van der Waals surface area contributed by atoms with Crippen LogP contribution in [0.15, 0.2) is 18.3 Å². The van der Waals surface area contributed by atoms with Crippen LogP contribution in [0, 0.1) is 5.92 Å². The summed E-state index contributed by atoms with van der Waals surface area (Å²) < 4.78 is 5.37. The van der Waals surface area contributed by atoms with Crippen molar-refractivity contribution in [1.29, 1.82) is 0 Å². The molecule has 21 heavy (non-hydrogen) atoms. The molecule has 5 nitrogen and oxygen atoms in total. The van der Waals surface area contributed by atoms with Gasteiger partial charge in [-0.3, -0.25) is 4.79 Å². The van der Waals surface area contributed by atoms with Crippen molar-refractivity contribution in [2.75, 3.05) is 25.1 Å². The smallest absolute Gasteiger partial charge is 0.255 e. The van der Waals surface area contributed by atoms with E-state index in [1.54, 1.807) is 12.3 Å². The Morgan fingerprint density at radius 3 is 2.95 bits per heavy atom. The van der Waals surface area contributed by atoms with Crippen LogP contribution in [0.1, 0.15) is 43.5 Å². The lowest BCUT2D eigenvalue weighted by Crippen LogP contribution is -2.40. The Morgan fingerprint density at radius 1 is 1.48 bits per heavy atom. The molecule has 1 amide bonds. The summed E-state index contributed by atoms with van der Waals surface area (Å²) in [5.74, 6) is 1.10. The zero-order valence-corrected chi connectivity index (χ0v) is 12.9. The van der Waals surface area contributed by atoms with Gasteiger partial charge in [-0.15, -0.1) is 0 Å². The van der Waals surface area contributed by atoms with Gasteiger partial charge in [0.2, 0.25) is 0 Å². The maximum Gasteiger partial charge on any atom is 0.255 e. The van der Waals surface area contributed by atoms with E-state index in [-0.39, 0.29) is 11.9 Å². The molecule has 0 saturated carbocycles. The third kappa shape index (κ3) is 4.43. The highest BCUT2D eigenvalue weighted by molar-refractivity contribution is 5.98. The number of hydrogen-bond acceptors (Lipinski definition) is 4. The Balaban J connectivity index is 1.98. The zero-order chi connectivity index (χ0) is 15.1. The topological polar surface area (TPSA) is 63.2 Å². The number of ether oxygens (including phenoxy) is 1. The van der Waals surface area contributed by atoms with E-state index in [9.17, 15) is 4.79 Å². The van der Waals surface area contributed by atoms with Crippen LogP contribution in [0.3, 0.4) is 0 Å². The van der Waals surface area contributed by atoms with Gasteiger partial charge < -0.3 is 15.4 Å². The summed E-state index contributed by atoms with van der Waals surface area (Å²) in [6.45, 7) is 6.56. The van der Waals surface area contributed by atoms with E-state index in [1.807, 2.05) is 6.07 Å². The first-order chi connectivity index (χ1) is 10.2. The molecule has 1 aromatic rings. The van der Waals surface area contributed by atoms with Gasteiger partial charge in [0.1, 0.15) is 5.82 Å². The van der Waals surface area contributed by atoms with E-state index in [2.05, 4.69) is 29.5 Å². The Hall–Kier alpha value is -1.62. The largest absolute Gasteiger partial charge is 0.381 e. The average Bonchev–Trinajstić information content (AvgIpc) is 2.54. The lowest BCUT2D eigenvalue weighted by Gasteiger charge is -2.28. The number of carbonyl (C=O) groups is 1. The second-order valence-electron chi connectivity index (χ2n) is 5.54. The van der Waals surface area contributed by atoms with Crippen molar-refractivity contribution < 1.29 is 9.53 Å².